The number of anilines is 1. The number of nitrogens with two attached hydrogens (primary N) is 1. The van der Waals surface area contributed by atoms with Gasteiger partial charge in [0.1, 0.15) is 0 Å². The van der Waals surface area contributed by atoms with E-state index in [2.05, 4.69) is 10.3 Å². The molecule has 1 heterocycles. The number of carbonyl (C=O) groups is 1. The molecule has 0 unspecified atom stereocenters. The smallest absolute Gasteiger partial charge is 0.257 e. The summed E-state index contributed by atoms with van der Waals surface area (Å²) in [5.41, 5.74) is 8.58. The van der Waals surface area contributed by atoms with E-state index in [0.717, 1.165) is 16.6 Å². The van der Waals surface area contributed by atoms with E-state index in [0.29, 0.717) is 17.6 Å². The van der Waals surface area contributed by atoms with Gasteiger partial charge in [-0.25, -0.2) is 0 Å². The third-order valence-corrected chi connectivity index (χ3v) is 3.30. The summed E-state index contributed by atoms with van der Waals surface area (Å²) in [6.45, 7) is 0.444. The topological polar surface area (TPSA) is 68.0 Å². The van der Waals surface area contributed by atoms with E-state index in [-0.39, 0.29) is 5.91 Å². The van der Waals surface area contributed by atoms with Crippen molar-refractivity contribution in [2.75, 3.05) is 5.32 Å². The number of nitrogens with zero attached hydrogens (tertiary/aromatic N) is 1. The van der Waals surface area contributed by atoms with E-state index < -0.39 is 0 Å². The Bertz CT molecular complexity index is 793. The lowest BCUT2D eigenvalue weighted by Crippen LogP contribution is -2.13. The molecule has 0 spiro atoms. The summed E-state index contributed by atoms with van der Waals surface area (Å²) < 4.78 is 0. The second-order valence-corrected chi connectivity index (χ2v) is 4.74. The summed E-state index contributed by atoms with van der Waals surface area (Å²) in [5, 5.41) is 3.84. The molecule has 0 saturated heterocycles. The molecule has 0 atom stereocenters. The number of benzene rings is 2. The normalized spacial score (nSPS) is 10.5. The van der Waals surface area contributed by atoms with Crippen molar-refractivity contribution in [3.8, 4) is 0 Å². The SMILES string of the molecule is NCc1cccc(NC(=O)c2cccc3cccnc23)c1. The van der Waals surface area contributed by atoms with Crippen LogP contribution in [0.15, 0.2) is 60.8 Å². The van der Waals surface area contributed by atoms with Crippen molar-refractivity contribution in [1.29, 1.82) is 0 Å². The minimum Gasteiger partial charge on any atom is -0.326 e. The van der Waals surface area contributed by atoms with E-state index >= 15 is 0 Å². The van der Waals surface area contributed by atoms with Crippen LogP contribution in [0.3, 0.4) is 0 Å². The number of para-hydroxylation sites is 1. The average Bonchev–Trinajstić information content (AvgIpc) is 2.54. The van der Waals surface area contributed by atoms with E-state index in [9.17, 15) is 4.79 Å². The Kier molecular flexibility index (Phi) is 3.62. The van der Waals surface area contributed by atoms with Gasteiger partial charge in [-0.05, 0) is 29.8 Å². The third-order valence-electron chi connectivity index (χ3n) is 3.30. The number of aromatic nitrogens is 1. The van der Waals surface area contributed by atoms with Gasteiger partial charge in [-0.3, -0.25) is 9.78 Å². The van der Waals surface area contributed by atoms with Gasteiger partial charge >= 0.3 is 0 Å². The Labute approximate surface area is 122 Å². The summed E-state index contributed by atoms with van der Waals surface area (Å²) >= 11 is 0. The maximum atomic E-state index is 12.4. The lowest BCUT2D eigenvalue weighted by atomic mass is 10.1. The van der Waals surface area contributed by atoms with Gasteiger partial charge in [0.05, 0.1) is 11.1 Å². The molecule has 0 radical (unpaired) electrons. The predicted octanol–water partition coefficient (Wildman–Crippen LogP) is 2.95. The summed E-state index contributed by atoms with van der Waals surface area (Å²) in [5.74, 6) is -0.173. The molecule has 1 amide bonds. The highest BCUT2D eigenvalue weighted by Crippen LogP contribution is 2.18. The van der Waals surface area contributed by atoms with Crippen LogP contribution in [0, 0.1) is 0 Å². The van der Waals surface area contributed by atoms with Gasteiger partial charge < -0.3 is 11.1 Å². The van der Waals surface area contributed by atoms with Crippen LogP contribution in [-0.2, 0) is 6.54 Å². The van der Waals surface area contributed by atoms with Gasteiger partial charge in [0, 0.05) is 23.8 Å². The number of pyridine rings is 1. The first-order chi connectivity index (χ1) is 10.3. The molecule has 2 aromatic carbocycles. The zero-order valence-electron chi connectivity index (χ0n) is 11.4. The molecule has 0 fully saturated rings. The molecule has 3 rings (SSSR count). The number of rotatable bonds is 3. The van der Waals surface area contributed by atoms with Gasteiger partial charge in [-0.1, -0.05) is 30.3 Å². The highest BCUT2D eigenvalue weighted by atomic mass is 16.1. The molecule has 4 nitrogen and oxygen atoms in total. The maximum Gasteiger partial charge on any atom is 0.257 e. The van der Waals surface area contributed by atoms with Crippen LogP contribution in [0.5, 0.6) is 0 Å². The summed E-state index contributed by atoms with van der Waals surface area (Å²) in [7, 11) is 0. The molecule has 0 bridgehead atoms. The van der Waals surface area contributed by atoms with Gasteiger partial charge in [-0.15, -0.1) is 0 Å². The Morgan fingerprint density at radius 1 is 1.10 bits per heavy atom. The van der Waals surface area contributed by atoms with Crippen LogP contribution in [0.4, 0.5) is 5.69 Å². The molecule has 0 aliphatic carbocycles. The lowest BCUT2D eigenvalue weighted by Gasteiger charge is -2.08. The quantitative estimate of drug-likeness (QED) is 0.773. The second kappa shape index (κ2) is 5.73. The Balaban J connectivity index is 1.93. The monoisotopic (exact) mass is 277 g/mol. The fraction of sp³-hybridized carbons (Fsp3) is 0.0588. The minimum atomic E-state index is -0.173. The first-order valence-corrected chi connectivity index (χ1v) is 6.72. The average molecular weight is 277 g/mol. The van der Waals surface area contributed by atoms with Crippen LogP contribution in [-0.4, -0.2) is 10.9 Å². The molecule has 3 aromatic rings. The van der Waals surface area contributed by atoms with Gasteiger partial charge in [0.2, 0.25) is 0 Å². The summed E-state index contributed by atoms with van der Waals surface area (Å²) in [4.78, 5) is 16.7. The number of fused-ring (bicyclic) bond motifs is 1. The molecule has 104 valence electrons. The molecule has 1 aromatic heterocycles. The van der Waals surface area contributed by atoms with Crippen molar-refractivity contribution in [3.05, 3.63) is 71.9 Å². The van der Waals surface area contributed by atoms with Crippen LogP contribution in [0.1, 0.15) is 15.9 Å². The first kappa shape index (κ1) is 13.3. The largest absolute Gasteiger partial charge is 0.326 e. The standard InChI is InChI=1S/C17H15N3O/c18-11-12-4-1-7-14(10-12)20-17(21)15-8-2-5-13-6-3-9-19-16(13)15/h1-10H,11,18H2,(H,20,21). The van der Waals surface area contributed by atoms with Crippen molar-refractivity contribution < 1.29 is 4.79 Å². The summed E-state index contributed by atoms with van der Waals surface area (Å²) in [6, 6.07) is 16.9. The van der Waals surface area contributed by atoms with E-state index in [4.69, 9.17) is 5.73 Å². The Morgan fingerprint density at radius 3 is 2.76 bits per heavy atom. The van der Waals surface area contributed by atoms with Gasteiger partial charge in [0.15, 0.2) is 0 Å². The van der Waals surface area contributed by atoms with Crippen LogP contribution >= 0.6 is 0 Å². The molecular weight excluding hydrogens is 262 g/mol. The molecule has 3 N–H and O–H groups in total. The zero-order chi connectivity index (χ0) is 14.7. The van der Waals surface area contributed by atoms with E-state index in [1.54, 1.807) is 12.3 Å². The number of nitrogens with one attached hydrogen (secondary N) is 1. The molecular formula is C17H15N3O. The van der Waals surface area contributed by atoms with Crippen molar-refractivity contribution in [2.24, 2.45) is 5.73 Å². The highest BCUT2D eigenvalue weighted by molar-refractivity contribution is 6.11. The molecule has 4 heteroatoms. The van der Waals surface area contributed by atoms with Gasteiger partial charge in [-0.2, -0.15) is 0 Å². The van der Waals surface area contributed by atoms with Crippen molar-refractivity contribution in [2.45, 2.75) is 6.54 Å². The lowest BCUT2D eigenvalue weighted by molar-refractivity contribution is 0.102. The van der Waals surface area contributed by atoms with Crippen molar-refractivity contribution in [3.63, 3.8) is 0 Å². The minimum absolute atomic E-state index is 0.173. The van der Waals surface area contributed by atoms with E-state index in [1.807, 2.05) is 48.5 Å². The molecule has 0 saturated carbocycles. The number of carbonyl (C=O) groups excluding carboxylic acids is 1. The fourth-order valence-corrected chi connectivity index (χ4v) is 2.26. The van der Waals surface area contributed by atoms with E-state index in [1.165, 1.54) is 0 Å². The first-order valence-electron chi connectivity index (χ1n) is 6.72. The highest BCUT2D eigenvalue weighted by Gasteiger charge is 2.11. The van der Waals surface area contributed by atoms with Gasteiger partial charge in [0.25, 0.3) is 5.91 Å². The van der Waals surface area contributed by atoms with Crippen LogP contribution in [0.25, 0.3) is 10.9 Å². The molecule has 0 aliphatic rings. The zero-order valence-corrected chi connectivity index (χ0v) is 11.4. The maximum absolute atomic E-state index is 12.4. The molecule has 0 aliphatic heterocycles. The number of hydrogen-bond acceptors (Lipinski definition) is 3. The number of hydrogen-bond donors (Lipinski definition) is 2. The Morgan fingerprint density at radius 2 is 1.90 bits per heavy atom. The Hall–Kier alpha value is -2.72. The molecule has 21 heavy (non-hydrogen) atoms. The van der Waals surface area contributed by atoms with Crippen molar-refractivity contribution in [1.82, 2.24) is 4.98 Å². The predicted molar refractivity (Wildman–Crippen MR) is 84.0 cm³/mol. The van der Waals surface area contributed by atoms with Crippen molar-refractivity contribution >= 4 is 22.5 Å². The summed E-state index contributed by atoms with van der Waals surface area (Å²) in [6.07, 6.45) is 1.69. The number of amides is 1. The third kappa shape index (κ3) is 2.75. The van der Waals surface area contributed by atoms with Crippen LogP contribution < -0.4 is 11.1 Å². The fourth-order valence-electron chi connectivity index (χ4n) is 2.26. The second-order valence-electron chi connectivity index (χ2n) is 4.74. The van der Waals surface area contributed by atoms with Crippen LogP contribution in [0.2, 0.25) is 0 Å².